The molecule has 0 aliphatic carbocycles. The Morgan fingerprint density at radius 2 is 1.89 bits per heavy atom. The number of ether oxygens (including phenoxy) is 2. The second-order valence-corrected chi connectivity index (χ2v) is 5.08. The lowest BCUT2D eigenvalue weighted by atomic mass is 9.86. The summed E-state index contributed by atoms with van der Waals surface area (Å²) >= 11 is 0. The lowest BCUT2D eigenvalue weighted by Gasteiger charge is -2.19. The average Bonchev–Trinajstić information content (AvgIpc) is 2.29. The first-order valence-corrected chi connectivity index (χ1v) is 5.97. The van der Waals surface area contributed by atoms with Gasteiger partial charge in [0.05, 0.1) is 12.9 Å². The zero-order valence-electron chi connectivity index (χ0n) is 11.2. The SMILES string of the molecule is C=COC(=O)OCCc1ccc(C(C)(C)C)cc1. The van der Waals surface area contributed by atoms with Crippen LogP contribution in [0.3, 0.4) is 0 Å². The quantitative estimate of drug-likeness (QED) is 0.600. The third kappa shape index (κ3) is 4.62. The van der Waals surface area contributed by atoms with Gasteiger partial charge in [0, 0.05) is 6.42 Å². The molecule has 0 atom stereocenters. The van der Waals surface area contributed by atoms with E-state index >= 15 is 0 Å². The van der Waals surface area contributed by atoms with E-state index in [1.807, 2.05) is 0 Å². The van der Waals surface area contributed by atoms with E-state index in [1.165, 1.54) is 5.56 Å². The number of carbonyl (C=O) groups excluding carboxylic acids is 1. The van der Waals surface area contributed by atoms with E-state index in [-0.39, 0.29) is 5.41 Å². The molecule has 0 unspecified atom stereocenters. The zero-order chi connectivity index (χ0) is 13.6. The molecule has 0 bridgehead atoms. The van der Waals surface area contributed by atoms with Gasteiger partial charge in [0.2, 0.25) is 0 Å². The lowest BCUT2D eigenvalue weighted by Crippen LogP contribution is -2.11. The van der Waals surface area contributed by atoms with Gasteiger partial charge in [-0.3, -0.25) is 0 Å². The molecule has 18 heavy (non-hydrogen) atoms. The highest BCUT2D eigenvalue weighted by molar-refractivity contribution is 5.60. The van der Waals surface area contributed by atoms with Gasteiger partial charge in [-0.25, -0.2) is 4.79 Å². The van der Waals surface area contributed by atoms with E-state index in [2.05, 4.69) is 56.4 Å². The average molecular weight is 248 g/mol. The second-order valence-electron chi connectivity index (χ2n) is 5.08. The van der Waals surface area contributed by atoms with E-state index in [1.54, 1.807) is 0 Å². The highest BCUT2D eigenvalue weighted by Crippen LogP contribution is 2.22. The smallest absolute Gasteiger partial charge is 0.434 e. The van der Waals surface area contributed by atoms with Gasteiger partial charge in [-0.2, -0.15) is 0 Å². The third-order valence-corrected chi connectivity index (χ3v) is 2.61. The molecule has 98 valence electrons. The number of hydrogen-bond acceptors (Lipinski definition) is 3. The summed E-state index contributed by atoms with van der Waals surface area (Å²) in [6.07, 6.45) is 1.02. The van der Waals surface area contributed by atoms with Crippen molar-refractivity contribution in [3.8, 4) is 0 Å². The second kappa shape index (κ2) is 6.24. The van der Waals surface area contributed by atoms with Crippen molar-refractivity contribution >= 4 is 6.16 Å². The van der Waals surface area contributed by atoms with Crippen molar-refractivity contribution in [2.24, 2.45) is 0 Å². The fraction of sp³-hybridized carbons (Fsp3) is 0.400. The first-order valence-electron chi connectivity index (χ1n) is 5.97. The van der Waals surface area contributed by atoms with Gasteiger partial charge in [-0.05, 0) is 16.5 Å². The summed E-state index contributed by atoms with van der Waals surface area (Å²) in [5.74, 6) is 0. The number of hydrogen-bond donors (Lipinski definition) is 0. The molecule has 1 rings (SSSR count). The maximum atomic E-state index is 10.9. The van der Waals surface area contributed by atoms with Crippen molar-refractivity contribution in [1.29, 1.82) is 0 Å². The van der Waals surface area contributed by atoms with E-state index in [9.17, 15) is 4.79 Å². The Labute approximate surface area is 108 Å². The molecular weight excluding hydrogens is 228 g/mol. The Balaban J connectivity index is 2.45. The van der Waals surface area contributed by atoms with Crippen molar-refractivity contribution in [2.75, 3.05) is 6.61 Å². The Hall–Kier alpha value is -1.77. The van der Waals surface area contributed by atoms with Gasteiger partial charge in [-0.1, -0.05) is 51.6 Å². The van der Waals surface area contributed by atoms with E-state index in [0.29, 0.717) is 13.0 Å². The highest BCUT2D eigenvalue weighted by Gasteiger charge is 2.12. The van der Waals surface area contributed by atoms with Crippen molar-refractivity contribution in [3.05, 3.63) is 48.2 Å². The van der Waals surface area contributed by atoms with Crippen LogP contribution in [0.15, 0.2) is 37.1 Å². The van der Waals surface area contributed by atoms with E-state index < -0.39 is 6.16 Å². The molecule has 0 saturated heterocycles. The summed E-state index contributed by atoms with van der Waals surface area (Å²) in [5, 5.41) is 0. The van der Waals surface area contributed by atoms with Crippen molar-refractivity contribution in [3.63, 3.8) is 0 Å². The minimum Gasteiger partial charge on any atom is -0.434 e. The zero-order valence-corrected chi connectivity index (χ0v) is 11.2. The molecule has 3 nitrogen and oxygen atoms in total. The van der Waals surface area contributed by atoms with Gasteiger partial charge in [0.1, 0.15) is 0 Å². The summed E-state index contributed by atoms with van der Waals surface area (Å²) < 4.78 is 9.30. The summed E-state index contributed by atoms with van der Waals surface area (Å²) in [4.78, 5) is 10.9. The monoisotopic (exact) mass is 248 g/mol. The summed E-state index contributed by atoms with van der Waals surface area (Å²) in [7, 11) is 0. The number of benzene rings is 1. The summed E-state index contributed by atoms with van der Waals surface area (Å²) in [6, 6.07) is 8.33. The van der Waals surface area contributed by atoms with Gasteiger partial charge in [0.25, 0.3) is 0 Å². The Morgan fingerprint density at radius 1 is 1.28 bits per heavy atom. The molecule has 0 aromatic heterocycles. The Bertz CT molecular complexity index is 399. The van der Waals surface area contributed by atoms with Crippen LogP contribution in [0.2, 0.25) is 0 Å². The molecule has 0 radical (unpaired) electrons. The van der Waals surface area contributed by atoms with Crippen molar-refractivity contribution in [1.82, 2.24) is 0 Å². The van der Waals surface area contributed by atoms with Crippen LogP contribution < -0.4 is 0 Å². The van der Waals surface area contributed by atoms with Crippen LogP contribution in [0, 0.1) is 0 Å². The van der Waals surface area contributed by atoms with Gasteiger partial charge in [0.15, 0.2) is 0 Å². The molecule has 0 saturated carbocycles. The fourth-order valence-electron chi connectivity index (χ4n) is 1.53. The molecule has 0 heterocycles. The van der Waals surface area contributed by atoms with Crippen LogP contribution in [-0.2, 0) is 21.3 Å². The fourth-order valence-corrected chi connectivity index (χ4v) is 1.53. The van der Waals surface area contributed by atoms with Gasteiger partial charge in [-0.15, -0.1) is 0 Å². The predicted octanol–water partition coefficient (Wildman–Crippen LogP) is 3.82. The largest absolute Gasteiger partial charge is 0.513 e. The maximum absolute atomic E-state index is 10.9. The molecule has 0 amide bonds. The van der Waals surface area contributed by atoms with Gasteiger partial charge >= 0.3 is 6.16 Å². The van der Waals surface area contributed by atoms with Gasteiger partial charge < -0.3 is 9.47 Å². The van der Waals surface area contributed by atoms with E-state index in [4.69, 9.17) is 4.74 Å². The third-order valence-electron chi connectivity index (χ3n) is 2.61. The molecular formula is C15H20O3. The minimum atomic E-state index is -0.712. The summed E-state index contributed by atoms with van der Waals surface area (Å²) in [6.45, 7) is 10.1. The molecule has 0 fully saturated rings. The number of rotatable bonds is 4. The standard InChI is InChI=1S/C15H20O3/c1-5-17-14(16)18-11-10-12-6-8-13(9-7-12)15(2,3)4/h5-9H,1,10-11H2,2-4H3. The first kappa shape index (κ1) is 14.3. The molecule has 1 aromatic carbocycles. The molecule has 0 N–H and O–H groups in total. The Kier molecular flexibility index (Phi) is 4.95. The molecule has 0 aliphatic rings. The maximum Gasteiger partial charge on any atom is 0.513 e. The van der Waals surface area contributed by atoms with Crippen molar-refractivity contribution in [2.45, 2.75) is 32.6 Å². The molecule has 0 aliphatic heterocycles. The predicted molar refractivity (Wildman–Crippen MR) is 71.5 cm³/mol. The van der Waals surface area contributed by atoms with Crippen LogP contribution in [0.25, 0.3) is 0 Å². The minimum absolute atomic E-state index is 0.156. The normalized spacial score (nSPS) is 10.8. The van der Waals surface area contributed by atoms with Crippen LogP contribution in [0.4, 0.5) is 4.79 Å². The van der Waals surface area contributed by atoms with Crippen LogP contribution in [0.1, 0.15) is 31.9 Å². The van der Waals surface area contributed by atoms with Crippen molar-refractivity contribution < 1.29 is 14.3 Å². The van der Waals surface area contributed by atoms with Crippen LogP contribution in [-0.4, -0.2) is 12.8 Å². The first-order chi connectivity index (χ1) is 8.43. The molecule has 0 spiro atoms. The molecule has 3 heteroatoms. The van der Waals surface area contributed by atoms with E-state index in [0.717, 1.165) is 11.8 Å². The van der Waals surface area contributed by atoms with Crippen LogP contribution >= 0.6 is 0 Å². The highest BCUT2D eigenvalue weighted by atomic mass is 16.7. The Morgan fingerprint density at radius 3 is 2.39 bits per heavy atom. The molecule has 1 aromatic rings. The number of carbonyl (C=O) groups is 1. The summed E-state index contributed by atoms with van der Waals surface area (Å²) in [5.41, 5.74) is 2.58. The lowest BCUT2D eigenvalue weighted by molar-refractivity contribution is 0.0859. The van der Waals surface area contributed by atoms with Crippen LogP contribution in [0.5, 0.6) is 0 Å². The topological polar surface area (TPSA) is 35.5 Å².